The van der Waals surface area contributed by atoms with Crippen LogP contribution in [0.15, 0.2) is 77.7 Å². The molecule has 0 radical (unpaired) electrons. The molecule has 1 unspecified atom stereocenters. The molecular formula is C25H25FN2O3S. The van der Waals surface area contributed by atoms with E-state index in [0.717, 1.165) is 24.0 Å². The zero-order chi connectivity index (χ0) is 22.7. The summed E-state index contributed by atoms with van der Waals surface area (Å²) in [6.07, 6.45) is 2.34. The molecule has 1 amide bonds. The van der Waals surface area contributed by atoms with Crippen LogP contribution in [0.3, 0.4) is 0 Å². The second-order valence-electron chi connectivity index (χ2n) is 8.07. The van der Waals surface area contributed by atoms with E-state index < -0.39 is 10.0 Å². The molecule has 0 spiro atoms. The number of hydrogen-bond acceptors (Lipinski definition) is 3. The van der Waals surface area contributed by atoms with Gasteiger partial charge in [0.1, 0.15) is 5.82 Å². The number of nitrogens with one attached hydrogen (secondary N) is 1. The molecule has 7 heteroatoms. The Kier molecular flexibility index (Phi) is 6.28. The van der Waals surface area contributed by atoms with Crippen molar-refractivity contribution in [2.45, 2.75) is 37.1 Å². The van der Waals surface area contributed by atoms with Gasteiger partial charge in [0.25, 0.3) is 15.9 Å². The van der Waals surface area contributed by atoms with Crippen LogP contribution in [0.5, 0.6) is 0 Å². The molecule has 1 N–H and O–H groups in total. The van der Waals surface area contributed by atoms with E-state index in [1.807, 2.05) is 25.1 Å². The van der Waals surface area contributed by atoms with Gasteiger partial charge in [-0.05, 0) is 79.8 Å². The summed E-state index contributed by atoms with van der Waals surface area (Å²) < 4.78 is 41.6. The predicted molar refractivity (Wildman–Crippen MR) is 123 cm³/mol. The third kappa shape index (κ3) is 4.83. The third-order valence-electron chi connectivity index (χ3n) is 5.80. The second kappa shape index (κ2) is 9.12. The summed E-state index contributed by atoms with van der Waals surface area (Å²) in [5.41, 5.74) is 2.63. The number of aryl methyl sites for hydroxylation is 1. The molecule has 0 saturated carbocycles. The maximum atomic E-state index is 13.5. The Bertz CT molecular complexity index is 1230. The van der Waals surface area contributed by atoms with Gasteiger partial charge in [-0.25, -0.2) is 12.8 Å². The van der Waals surface area contributed by atoms with Crippen LogP contribution in [0.4, 0.5) is 10.1 Å². The molecule has 1 aliphatic heterocycles. The lowest BCUT2D eigenvalue weighted by Gasteiger charge is -2.25. The van der Waals surface area contributed by atoms with Gasteiger partial charge in [0.15, 0.2) is 0 Å². The van der Waals surface area contributed by atoms with Gasteiger partial charge in [0.2, 0.25) is 0 Å². The van der Waals surface area contributed by atoms with Crippen LogP contribution in [-0.4, -0.2) is 31.8 Å². The Balaban J connectivity index is 1.48. The average molecular weight is 453 g/mol. The van der Waals surface area contributed by atoms with Gasteiger partial charge in [0, 0.05) is 18.2 Å². The lowest BCUT2D eigenvalue weighted by molar-refractivity contribution is 0.0736. The van der Waals surface area contributed by atoms with Crippen LogP contribution in [-0.2, 0) is 16.4 Å². The fourth-order valence-corrected chi connectivity index (χ4v) is 5.22. The molecule has 1 atom stereocenters. The van der Waals surface area contributed by atoms with Crippen molar-refractivity contribution in [2.24, 2.45) is 0 Å². The summed E-state index contributed by atoms with van der Waals surface area (Å²) in [7, 11) is -3.76. The highest BCUT2D eigenvalue weighted by atomic mass is 32.2. The Morgan fingerprint density at radius 2 is 1.81 bits per heavy atom. The lowest BCUT2D eigenvalue weighted by Crippen LogP contribution is -2.36. The smallest absolute Gasteiger partial charge is 0.261 e. The van der Waals surface area contributed by atoms with Crippen molar-refractivity contribution in [1.82, 2.24) is 4.90 Å². The maximum Gasteiger partial charge on any atom is 0.261 e. The van der Waals surface area contributed by atoms with E-state index in [0.29, 0.717) is 24.2 Å². The topological polar surface area (TPSA) is 66.5 Å². The summed E-state index contributed by atoms with van der Waals surface area (Å²) in [5.74, 6) is -0.422. The van der Waals surface area contributed by atoms with Crippen molar-refractivity contribution in [3.05, 3.63) is 95.3 Å². The molecule has 0 aromatic heterocycles. The number of anilines is 1. The van der Waals surface area contributed by atoms with E-state index >= 15 is 0 Å². The van der Waals surface area contributed by atoms with Crippen LogP contribution < -0.4 is 4.72 Å². The van der Waals surface area contributed by atoms with E-state index in [9.17, 15) is 17.6 Å². The minimum atomic E-state index is -3.76. The molecule has 3 aromatic rings. The Labute approximate surface area is 187 Å². The number of carbonyl (C=O) groups is 1. The highest BCUT2D eigenvalue weighted by Gasteiger charge is 2.29. The van der Waals surface area contributed by atoms with Crippen molar-refractivity contribution in [2.75, 3.05) is 11.3 Å². The summed E-state index contributed by atoms with van der Waals surface area (Å²) in [5, 5.41) is 0. The number of rotatable bonds is 6. The number of hydrogen-bond donors (Lipinski definition) is 1. The number of sulfonamides is 1. The molecule has 5 nitrogen and oxygen atoms in total. The van der Waals surface area contributed by atoms with Gasteiger partial charge >= 0.3 is 0 Å². The number of para-hydroxylation sites is 1. The SMILES string of the molecule is Cc1ccccc1NS(=O)(=O)c1ccc(C(=O)N2CCCC2Cc2cccc(F)c2)cc1. The molecule has 166 valence electrons. The summed E-state index contributed by atoms with van der Waals surface area (Å²) in [6.45, 7) is 2.46. The normalized spacial score (nSPS) is 16.2. The first-order chi connectivity index (χ1) is 15.3. The quantitative estimate of drug-likeness (QED) is 0.585. The van der Waals surface area contributed by atoms with E-state index in [-0.39, 0.29) is 22.7 Å². The van der Waals surface area contributed by atoms with Gasteiger partial charge in [-0.1, -0.05) is 30.3 Å². The zero-order valence-corrected chi connectivity index (χ0v) is 18.6. The first kappa shape index (κ1) is 22.0. The second-order valence-corrected chi connectivity index (χ2v) is 9.76. The summed E-state index contributed by atoms with van der Waals surface area (Å²) in [6, 6.07) is 19.6. The third-order valence-corrected chi connectivity index (χ3v) is 7.18. The molecule has 0 bridgehead atoms. The van der Waals surface area contributed by atoms with Crippen LogP contribution in [0, 0.1) is 12.7 Å². The van der Waals surface area contributed by atoms with E-state index in [4.69, 9.17) is 0 Å². The van der Waals surface area contributed by atoms with Crippen molar-refractivity contribution in [1.29, 1.82) is 0 Å². The van der Waals surface area contributed by atoms with Crippen molar-refractivity contribution >= 4 is 21.6 Å². The molecule has 1 fully saturated rings. The Morgan fingerprint density at radius 3 is 2.53 bits per heavy atom. The maximum absolute atomic E-state index is 13.5. The fraction of sp³-hybridized carbons (Fsp3) is 0.240. The van der Waals surface area contributed by atoms with Gasteiger partial charge in [-0.2, -0.15) is 0 Å². The first-order valence-corrected chi connectivity index (χ1v) is 12.1. The molecule has 3 aromatic carbocycles. The van der Waals surface area contributed by atoms with E-state index in [1.54, 1.807) is 35.2 Å². The molecular weight excluding hydrogens is 427 g/mol. The number of amides is 1. The molecule has 1 saturated heterocycles. The number of likely N-dealkylation sites (tertiary alicyclic amines) is 1. The van der Waals surface area contributed by atoms with Crippen molar-refractivity contribution in [3.63, 3.8) is 0 Å². The fourth-order valence-electron chi connectivity index (χ4n) is 4.08. The highest BCUT2D eigenvalue weighted by Crippen LogP contribution is 2.25. The van der Waals surface area contributed by atoms with Gasteiger partial charge < -0.3 is 4.90 Å². The minimum Gasteiger partial charge on any atom is -0.335 e. The van der Waals surface area contributed by atoms with Crippen molar-refractivity contribution in [3.8, 4) is 0 Å². The van der Waals surface area contributed by atoms with Gasteiger partial charge in [-0.15, -0.1) is 0 Å². The Hall–Kier alpha value is -3.19. The van der Waals surface area contributed by atoms with E-state index in [2.05, 4.69) is 4.72 Å². The molecule has 1 heterocycles. The monoisotopic (exact) mass is 452 g/mol. The lowest BCUT2D eigenvalue weighted by atomic mass is 10.0. The Morgan fingerprint density at radius 1 is 1.06 bits per heavy atom. The predicted octanol–water partition coefficient (Wildman–Crippen LogP) is 4.78. The summed E-state index contributed by atoms with van der Waals surface area (Å²) in [4.78, 5) is 15.0. The molecule has 32 heavy (non-hydrogen) atoms. The number of nitrogens with zero attached hydrogens (tertiary/aromatic N) is 1. The molecule has 1 aliphatic rings. The first-order valence-electron chi connectivity index (χ1n) is 10.6. The molecule has 0 aliphatic carbocycles. The number of halogens is 1. The van der Waals surface area contributed by atoms with Crippen molar-refractivity contribution < 1.29 is 17.6 Å². The summed E-state index contributed by atoms with van der Waals surface area (Å²) >= 11 is 0. The minimum absolute atomic E-state index is 0.00423. The number of carbonyl (C=O) groups excluding carboxylic acids is 1. The van der Waals surface area contributed by atoms with Crippen LogP contribution >= 0.6 is 0 Å². The van der Waals surface area contributed by atoms with Crippen LogP contribution in [0.1, 0.15) is 34.3 Å². The largest absolute Gasteiger partial charge is 0.335 e. The zero-order valence-electron chi connectivity index (χ0n) is 17.8. The van der Waals surface area contributed by atoms with Crippen LogP contribution in [0.2, 0.25) is 0 Å². The standard InChI is InChI=1S/C25H25FN2O3S/c1-18-6-2-3-10-24(18)27-32(30,31)23-13-11-20(12-14-23)25(29)28-15-5-9-22(28)17-19-7-4-8-21(26)16-19/h2-4,6-8,10-14,16,22,27H,5,9,15,17H2,1H3. The van der Waals surface area contributed by atoms with Crippen LogP contribution in [0.25, 0.3) is 0 Å². The number of benzene rings is 3. The van der Waals surface area contributed by atoms with Gasteiger partial charge in [-0.3, -0.25) is 9.52 Å². The van der Waals surface area contributed by atoms with E-state index in [1.165, 1.54) is 24.3 Å². The van der Waals surface area contributed by atoms with Gasteiger partial charge in [0.05, 0.1) is 10.6 Å². The average Bonchev–Trinajstić information content (AvgIpc) is 3.23. The molecule has 4 rings (SSSR count). The highest BCUT2D eigenvalue weighted by molar-refractivity contribution is 7.92.